The third kappa shape index (κ3) is 3.44. The van der Waals surface area contributed by atoms with Crippen LogP contribution in [0.25, 0.3) is 22.3 Å². The summed E-state index contributed by atoms with van der Waals surface area (Å²) >= 11 is 0. The van der Waals surface area contributed by atoms with E-state index >= 15 is 0 Å². The van der Waals surface area contributed by atoms with Crippen molar-refractivity contribution in [2.45, 2.75) is 12.8 Å². The van der Waals surface area contributed by atoms with Crippen molar-refractivity contribution in [2.75, 3.05) is 6.61 Å². The van der Waals surface area contributed by atoms with E-state index in [9.17, 15) is 0 Å². The summed E-state index contributed by atoms with van der Waals surface area (Å²) < 4.78 is 0. The lowest BCUT2D eigenvalue weighted by Crippen LogP contribution is -1.90. The Bertz CT molecular complexity index is 732. The van der Waals surface area contributed by atoms with Gasteiger partial charge in [0.1, 0.15) is 0 Å². The fourth-order valence-corrected chi connectivity index (χ4v) is 2.70. The molecule has 0 aromatic heterocycles. The molecular weight excluding hydrogens is 268 g/mol. The van der Waals surface area contributed by atoms with Crippen LogP contribution < -0.4 is 0 Å². The van der Waals surface area contributed by atoms with Gasteiger partial charge in [-0.2, -0.15) is 0 Å². The molecule has 0 atom stereocenters. The third-order valence-corrected chi connectivity index (χ3v) is 3.85. The molecule has 3 rings (SSSR count). The van der Waals surface area contributed by atoms with Crippen molar-refractivity contribution in [3.05, 3.63) is 84.4 Å². The highest BCUT2D eigenvalue weighted by Crippen LogP contribution is 2.27. The Balaban J connectivity index is 1.92. The highest BCUT2D eigenvalue weighted by Gasteiger charge is 2.02. The van der Waals surface area contributed by atoms with E-state index < -0.39 is 0 Å². The summed E-state index contributed by atoms with van der Waals surface area (Å²) in [5.74, 6) is 0. The van der Waals surface area contributed by atoms with Crippen LogP contribution in [0.5, 0.6) is 0 Å². The summed E-state index contributed by atoms with van der Waals surface area (Å²) in [6.07, 6.45) is 1.73. The first-order valence-electron chi connectivity index (χ1n) is 7.72. The normalized spacial score (nSPS) is 10.6. The van der Waals surface area contributed by atoms with Crippen molar-refractivity contribution < 1.29 is 5.11 Å². The fraction of sp³-hybridized carbons (Fsp3) is 0.143. The maximum absolute atomic E-state index is 8.98. The Morgan fingerprint density at radius 2 is 1.18 bits per heavy atom. The van der Waals surface area contributed by atoms with Gasteiger partial charge in [0.2, 0.25) is 0 Å². The van der Waals surface area contributed by atoms with E-state index in [0.29, 0.717) is 0 Å². The van der Waals surface area contributed by atoms with Crippen LogP contribution in [-0.2, 0) is 6.42 Å². The molecule has 0 saturated carbocycles. The standard InChI is InChI=1S/C21H20O/c22-14-6-8-17-7-4-11-19(15-17)21-13-5-12-20(16-21)18-9-2-1-3-10-18/h1-5,7,9-13,15-16,22H,6,8,14H2. The largest absolute Gasteiger partial charge is 0.396 e. The lowest BCUT2D eigenvalue weighted by molar-refractivity contribution is 0.288. The predicted octanol–water partition coefficient (Wildman–Crippen LogP) is 4.95. The van der Waals surface area contributed by atoms with Crippen LogP contribution in [0.1, 0.15) is 12.0 Å². The van der Waals surface area contributed by atoms with Crippen molar-refractivity contribution in [3.8, 4) is 22.3 Å². The maximum Gasteiger partial charge on any atom is 0.0434 e. The first-order valence-corrected chi connectivity index (χ1v) is 7.72. The van der Waals surface area contributed by atoms with Gasteiger partial charge in [-0.3, -0.25) is 0 Å². The maximum atomic E-state index is 8.98. The lowest BCUT2D eigenvalue weighted by Gasteiger charge is -2.08. The molecule has 3 aromatic rings. The van der Waals surface area contributed by atoms with Crippen LogP contribution >= 0.6 is 0 Å². The van der Waals surface area contributed by atoms with E-state index in [0.717, 1.165) is 12.8 Å². The molecule has 0 radical (unpaired) electrons. The van der Waals surface area contributed by atoms with Crippen molar-refractivity contribution in [1.29, 1.82) is 0 Å². The van der Waals surface area contributed by atoms with Crippen molar-refractivity contribution in [1.82, 2.24) is 0 Å². The molecule has 0 aliphatic carbocycles. The van der Waals surface area contributed by atoms with Gasteiger partial charge in [0, 0.05) is 6.61 Å². The van der Waals surface area contributed by atoms with Crippen molar-refractivity contribution in [3.63, 3.8) is 0 Å². The summed E-state index contributed by atoms with van der Waals surface area (Å²) in [6, 6.07) is 27.7. The zero-order valence-corrected chi connectivity index (χ0v) is 12.6. The van der Waals surface area contributed by atoms with Crippen LogP contribution in [0.3, 0.4) is 0 Å². The number of rotatable bonds is 5. The molecule has 0 amide bonds. The molecule has 0 aliphatic rings. The first-order chi connectivity index (χ1) is 10.9. The number of benzene rings is 3. The quantitative estimate of drug-likeness (QED) is 0.704. The Morgan fingerprint density at radius 3 is 1.91 bits per heavy atom. The van der Waals surface area contributed by atoms with E-state index in [4.69, 9.17) is 5.11 Å². The SMILES string of the molecule is OCCCc1cccc(-c2cccc(-c3ccccc3)c2)c1. The van der Waals surface area contributed by atoms with Gasteiger partial charge in [0.15, 0.2) is 0 Å². The fourth-order valence-electron chi connectivity index (χ4n) is 2.70. The van der Waals surface area contributed by atoms with Gasteiger partial charge in [0.25, 0.3) is 0 Å². The zero-order chi connectivity index (χ0) is 15.2. The average molecular weight is 288 g/mol. The second-order valence-corrected chi connectivity index (χ2v) is 5.47. The van der Waals surface area contributed by atoms with Gasteiger partial charge in [0.05, 0.1) is 0 Å². The highest BCUT2D eigenvalue weighted by molar-refractivity contribution is 5.73. The van der Waals surface area contributed by atoms with Crippen molar-refractivity contribution in [2.24, 2.45) is 0 Å². The predicted molar refractivity (Wildman–Crippen MR) is 92.7 cm³/mol. The molecule has 22 heavy (non-hydrogen) atoms. The minimum absolute atomic E-state index is 0.244. The number of aliphatic hydroxyl groups is 1. The molecule has 1 N–H and O–H groups in total. The summed E-state index contributed by atoms with van der Waals surface area (Å²) in [7, 11) is 0. The molecule has 1 heteroatoms. The Labute approximate surface area is 131 Å². The van der Waals surface area contributed by atoms with Gasteiger partial charge in [-0.15, -0.1) is 0 Å². The molecule has 0 bridgehead atoms. The van der Waals surface area contributed by atoms with Gasteiger partial charge in [-0.05, 0) is 46.7 Å². The number of hydrogen-bond donors (Lipinski definition) is 1. The molecule has 110 valence electrons. The molecule has 0 aliphatic heterocycles. The Hall–Kier alpha value is -2.38. The highest BCUT2D eigenvalue weighted by atomic mass is 16.2. The number of aryl methyl sites for hydroxylation is 1. The molecule has 0 fully saturated rings. The summed E-state index contributed by atoms with van der Waals surface area (Å²) in [5.41, 5.74) is 6.21. The average Bonchev–Trinajstić information content (AvgIpc) is 2.61. The van der Waals surface area contributed by atoms with Gasteiger partial charge < -0.3 is 5.11 Å². The number of hydrogen-bond acceptors (Lipinski definition) is 1. The second-order valence-electron chi connectivity index (χ2n) is 5.47. The summed E-state index contributed by atoms with van der Waals surface area (Å²) in [5, 5.41) is 8.98. The zero-order valence-electron chi connectivity index (χ0n) is 12.6. The summed E-state index contributed by atoms with van der Waals surface area (Å²) in [4.78, 5) is 0. The van der Waals surface area contributed by atoms with E-state index in [1.54, 1.807) is 0 Å². The molecule has 0 unspecified atom stereocenters. The molecule has 0 spiro atoms. The monoisotopic (exact) mass is 288 g/mol. The van der Waals surface area contributed by atoms with Crippen LogP contribution in [0.4, 0.5) is 0 Å². The Kier molecular flexibility index (Phi) is 4.67. The molecular formula is C21H20O. The lowest BCUT2D eigenvalue weighted by atomic mass is 9.97. The molecule has 0 saturated heterocycles. The molecule has 1 nitrogen and oxygen atoms in total. The Morgan fingerprint density at radius 1 is 0.591 bits per heavy atom. The van der Waals surface area contributed by atoms with Gasteiger partial charge in [-0.1, -0.05) is 72.8 Å². The van der Waals surface area contributed by atoms with Crippen LogP contribution in [-0.4, -0.2) is 11.7 Å². The van der Waals surface area contributed by atoms with Gasteiger partial charge in [-0.25, -0.2) is 0 Å². The minimum Gasteiger partial charge on any atom is -0.396 e. The van der Waals surface area contributed by atoms with E-state index in [1.807, 2.05) is 6.07 Å². The van der Waals surface area contributed by atoms with E-state index in [1.165, 1.54) is 27.8 Å². The van der Waals surface area contributed by atoms with E-state index in [-0.39, 0.29) is 6.61 Å². The van der Waals surface area contributed by atoms with Crippen LogP contribution in [0, 0.1) is 0 Å². The van der Waals surface area contributed by atoms with E-state index in [2.05, 4.69) is 72.8 Å². The first kappa shape index (κ1) is 14.6. The topological polar surface area (TPSA) is 20.2 Å². The third-order valence-electron chi connectivity index (χ3n) is 3.85. The van der Waals surface area contributed by atoms with Gasteiger partial charge >= 0.3 is 0 Å². The summed E-state index contributed by atoms with van der Waals surface area (Å²) in [6.45, 7) is 0.244. The second kappa shape index (κ2) is 7.06. The smallest absolute Gasteiger partial charge is 0.0434 e. The minimum atomic E-state index is 0.244. The number of aliphatic hydroxyl groups excluding tert-OH is 1. The van der Waals surface area contributed by atoms with Crippen molar-refractivity contribution >= 4 is 0 Å². The van der Waals surface area contributed by atoms with Crippen LogP contribution in [0.2, 0.25) is 0 Å². The molecule has 0 heterocycles. The van der Waals surface area contributed by atoms with Crippen LogP contribution in [0.15, 0.2) is 78.9 Å². The molecule has 3 aromatic carbocycles.